The lowest BCUT2D eigenvalue weighted by Gasteiger charge is -2.11. The standard InChI is InChI=1S/C11H23N3S/c1-4-15-10-6-5-9(7-10)14-11(12)13-8(2)3/h8-10H,4-7H2,1-3H3,(H3,12,13,14). The van der Waals surface area contributed by atoms with Crippen LogP contribution in [0.2, 0.25) is 0 Å². The van der Waals surface area contributed by atoms with Crippen LogP contribution in [0.4, 0.5) is 0 Å². The minimum absolute atomic E-state index is 0.371. The minimum Gasteiger partial charge on any atom is -0.370 e. The van der Waals surface area contributed by atoms with Gasteiger partial charge in [0.2, 0.25) is 0 Å². The van der Waals surface area contributed by atoms with Crippen molar-refractivity contribution in [1.82, 2.24) is 5.32 Å². The Morgan fingerprint density at radius 2 is 2.27 bits per heavy atom. The van der Waals surface area contributed by atoms with Crippen molar-refractivity contribution in [3.63, 3.8) is 0 Å². The summed E-state index contributed by atoms with van der Waals surface area (Å²) in [6, 6.07) is 0.816. The van der Waals surface area contributed by atoms with Gasteiger partial charge in [-0.15, -0.1) is 0 Å². The molecule has 0 amide bonds. The second-order valence-electron chi connectivity index (χ2n) is 4.36. The van der Waals surface area contributed by atoms with E-state index in [1.54, 1.807) is 0 Å². The summed E-state index contributed by atoms with van der Waals surface area (Å²) >= 11 is 2.05. The van der Waals surface area contributed by atoms with Crippen molar-refractivity contribution in [2.75, 3.05) is 5.75 Å². The summed E-state index contributed by atoms with van der Waals surface area (Å²) in [6.45, 7) is 6.37. The summed E-state index contributed by atoms with van der Waals surface area (Å²) in [5.74, 6) is 1.82. The van der Waals surface area contributed by atoms with Crippen molar-refractivity contribution >= 4 is 17.7 Å². The van der Waals surface area contributed by atoms with Gasteiger partial charge in [-0.05, 0) is 38.9 Å². The van der Waals surface area contributed by atoms with E-state index in [-0.39, 0.29) is 0 Å². The molecule has 0 aromatic heterocycles. The fourth-order valence-corrected chi connectivity index (χ4v) is 3.08. The van der Waals surface area contributed by atoms with Crippen LogP contribution >= 0.6 is 11.8 Å². The van der Waals surface area contributed by atoms with Gasteiger partial charge in [0.15, 0.2) is 5.96 Å². The molecule has 0 aliphatic heterocycles. The molecule has 0 heterocycles. The van der Waals surface area contributed by atoms with Gasteiger partial charge in [0.25, 0.3) is 0 Å². The largest absolute Gasteiger partial charge is 0.370 e. The van der Waals surface area contributed by atoms with E-state index in [0.717, 1.165) is 5.25 Å². The molecule has 2 atom stereocenters. The lowest BCUT2D eigenvalue weighted by atomic mass is 10.3. The highest BCUT2D eigenvalue weighted by atomic mass is 32.2. The Kier molecular flexibility index (Phi) is 5.29. The fourth-order valence-electron chi connectivity index (χ4n) is 1.95. The number of hydrogen-bond acceptors (Lipinski definition) is 2. The molecule has 0 saturated heterocycles. The number of guanidine groups is 1. The van der Waals surface area contributed by atoms with Crippen molar-refractivity contribution in [3.05, 3.63) is 0 Å². The van der Waals surface area contributed by atoms with Crippen LogP contribution in [0.5, 0.6) is 0 Å². The van der Waals surface area contributed by atoms with Crippen molar-refractivity contribution in [2.45, 2.75) is 57.4 Å². The summed E-state index contributed by atoms with van der Waals surface area (Å²) in [7, 11) is 0. The molecule has 0 radical (unpaired) electrons. The molecule has 4 heteroatoms. The number of hydrogen-bond donors (Lipinski definition) is 2. The molecular formula is C11H23N3S. The second-order valence-corrected chi connectivity index (χ2v) is 5.93. The topological polar surface area (TPSA) is 50.4 Å². The Morgan fingerprint density at radius 1 is 1.53 bits per heavy atom. The molecule has 1 aliphatic carbocycles. The molecule has 1 saturated carbocycles. The Bertz CT molecular complexity index is 216. The third-order valence-electron chi connectivity index (χ3n) is 2.52. The fraction of sp³-hybridized carbons (Fsp3) is 0.909. The lowest BCUT2D eigenvalue weighted by molar-refractivity contribution is 0.677. The average Bonchev–Trinajstić information content (AvgIpc) is 2.51. The highest BCUT2D eigenvalue weighted by Gasteiger charge is 2.24. The first-order chi connectivity index (χ1) is 7.11. The van der Waals surface area contributed by atoms with E-state index in [0.29, 0.717) is 18.0 Å². The molecule has 3 nitrogen and oxygen atoms in total. The molecule has 0 bridgehead atoms. The van der Waals surface area contributed by atoms with Gasteiger partial charge in [-0.2, -0.15) is 11.8 Å². The lowest BCUT2D eigenvalue weighted by Crippen LogP contribution is -2.37. The Morgan fingerprint density at radius 3 is 2.87 bits per heavy atom. The Hall–Kier alpha value is -0.380. The zero-order valence-corrected chi connectivity index (χ0v) is 10.8. The highest BCUT2D eigenvalue weighted by Crippen LogP contribution is 2.31. The van der Waals surface area contributed by atoms with Crippen LogP contribution in [-0.2, 0) is 0 Å². The second kappa shape index (κ2) is 6.26. The normalized spacial score (nSPS) is 27.3. The smallest absolute Gasteiger partial charge is 0.189 e. The molecule has 0 aromatic rings. The Balaban J connectivity index is 2.33. The van der Waals surface area contributed by atoms with Crippen LogP contribution in [-0.4, -0.2) is 29.0 Å². The third kappa shape index (κ3) is 4.78. The summed E-state index contributed by atoms with van der Waals surface area (Å²) < 4.78 is 0. The van der Waals surface area contributed by atoms with Gasteiger partial charge in [0, 0.05) is 11.3 Å². The number of rotatable bonds is 4. The van der Waals surface area contributed by atoms with E-state index in [2.05, 4.69) is 42.8 Å². The van der Waals surface area contributed by atoms with Gasteiger partial charge in [-0.25, -0.2) is 0 Å². The molecule has 15 heavy (non-hydrogen) atoms. The maximum Gasteiger partial charge on any atom is 0.189 e. The number of nitrogens with one attached hydrogen (secondary N) is 1. The molecule has 0 aromatic carbocycles. The number of thioether (sulfide) groups is 1. The number of nitrogens with zero attached hydrogens (tertiary/aromatic N) is 1. The maximum absolute atomic E-state index is 5.81. The van der Waals surface area contributed by atoms with E-state index in [4.69, 9.17) is 5.73 Å². The van der Waals surface area contributed by atoms with Gasteiger partial charge in [0.05, 0.1) is 6.04 Å². The van der Waals surface area contributed by atoms with E-state index in [1.165, 1.54) is 25.0 Å². The maximum atomic E-state index is 5.81. The van der Waals surface area contributed by atoms with E-state index < -0.39 is 0 Å². The predicted molar refractivity (Wildman–Crippen MR) is 69.5 cm³/mol. The SMILES string of the molecule is CCSC1CCC(N=C(N)NC(C)C)C1. The van der Waals surface area contributed by atoms with Gasteiger partial charge >= 0.3 is 0 Å². The first kappa shape index (κ1) is 12.7. The molecule has 0 spiro atoms. The monoisotopic (exact) mass is 229 g/mol. The molecule has 1 aliphatic rings. The molecule has 3 N–H and O–H groups in total. The summed E-state index contributed by atoms with van der Waals surface area (Å²) in [5.41, 5.74) is 5.81. The van der Waals surface area contributed by atoms with Crippen LogP contribution < -0.4 is 11.1 Å². The molecule has 1 fully saturated rings. The van der Waals surface area contributed by atoms with Gasteiger partial charge < -0.3 is 11.1 Å². The van der Waals surface area contributed by atoms with Gasteiger partial charge in [0.1, 0.15) is 0 Å². The van der Waals surface area contributed by atoms with Crippen LogP contribution in [0.25, 0.3) is 0 Å². The van der Waals surface area contributed by atoms with Crippen molar-refractivity contribution in [3.8, 4) is 0 Å². The van der Waals surface area contributed by atoms with Crippen LogP contribution in [0, 0.1) is 0 Å². The third-order valence-corrected chi connectivity index (χ3v) is 3.75. The quantitative estimate of drug-likeness (QED) is 0.572. The van der Waals surface area contributed by atoms with Crippen LogP contribution in [0.1, 0.15) is 40.0 Å². The summed E-state index contributed by atoms with van der Waals surface area (Å²) in [5, 5.41) is 3.94. The first-order valence-electron chi connectivity index (χ1n) is 5.83. The van der Waals surface area contributed by atoms with E-state index in [1.807, 2.05) is 0 Å². The zero-order valence-electron chi connectivity index (χ0n) is 9.99. The van der Waals surface area contributed by atoms with E-state index >= 15 is 0 Å². The van der Waals surface area contributed by atoms with Crippen molar-refractivity contribution in [2.24, 2.45) is 10.7 Å². The minimum atomic E-state index is 0.371. The molecule has 1 rings (SSSR count). The van der Waals surface area contributed by atoms with E-state index in [9.17, 15) is 0 Å². The van der Waals surface area contributed by atoms with Gasteiger partial charge in [-0.3, -0.25) is 4.99 Å². The molecule has 88 valence electrons. The molecule has 2 unspecified atom stereocenters. The molecular weight excluding hydrogens is 206 g/mol. The van der Waals surface area contributed by atoms with Gasteiger partial charge in [-0.1, -0.05) is 6.92 Å². The van der Waals surface area contributed by atoms with Crippen LogP contribution in [0.15, 0.2) is 4.99 Å². The highest BCUT2D eigenvalue weighted by molar-refractivity contribution is 7.99. The summed E-state index contributed by atoms with van der Waals surface area (Å²) in [6.07, 6.45) is 3.68. The number of nitrogens with two attached hydrogens (primary N) is 1. The number of aliphatic imine (C=N–C) groups is 1. The average molecular weight is 229 g/mol. The summed E-state index contributed by atoms with van der Waals surface area (Å²) in [4.78, 5) is 4.52. The zero-order chi connectivity index (χ0) is 11.3. The van der Waals surface area contributed by atoms with Crippen molar-refractivity contribution in [1.29, 1.82) is 0 Å². The Labute approximate surface area is 97.3 Å². The van der Waals surface area contributed by atoms with Crippen LogP contribution in [0.3, 0.4) is 0 Å². The first-order valence-corrected chi connectivity index (χ1v) is 6.88. The van der Waals surface area contributed by atoms with Crippen molar-refractivity contribution < 1.29 is 0 Å². The predicted octanol–water partition coefficient (Wildman–Crippen LogP) is 1.97.